The van der Waals surface area contributed by atoms with Gasteiger partial charge < -0.3 is 15.2 Å². The number of carbonyl (C=O) groups is 2. The summed E-state index contributed by atoms with van der Waals surface area (Å²) in [6.45, 7) is 2.48. The predicted molar refractivity (Wildman–Crippen MR) is 115 cm³/mol. The summed E-state index contributed by atoms with van der Waals surface area (Å²) in [6.07, 6.45) is 5.04. The molecule has 0 radical (unpaired) electrons. The molecule has 0 unspecified atom stereocenters. The molecule has 29 heavy (non-hydrogen) atoms. The fourth-order valence-corrected chi connectivity index (χ4v) is 4.84. The van der Waals surface area contributed by atoms with E-state index in [4.69, 9.17) is 0 Å². The molecule has 5 heteroatoms. The van der Waals surface area contributed by atoms with Crippen LogP contribution in [0.4, 0.5) is 5.69 Å². The minimum Gasteiger partial charge on any atom is -0.343 e. The standard InChI is InChI=1S/C24H25N3O2/c28-23(24(29)26-19-10-5-7-16-6-1-2-8-17(16)19)22-18-9-3-4-11-20(18)27-15-14-25-13-12-21(22)27/h3-5,7,9-11,25H,1-2,6,8,12-15H2,(H,26,29). The Morgan fingerprint density at radius 1 is 0.931 bits per heavy atom. The van der Waals surface area contributed by atoms with Gasteiger partial charge in [0.1, 0.15) is 0 Å². The Bertz CT molecular complexity index is 1110. The number of nitrogens with zero attached hydrogens (tertiary/aromatic N) is 1. The Balaban J connectivity index is 1.52. The third-order valence-corrected chi connectivity index (χ3v) is 6.21. The average molecular weight is 387 g/mol. The summed E-state index contributed by atoms with van der Waals surface area (Å²) >= 11 is 0. The molecular weight excluding hydrogens is 362 g/mol. The Hall–Kier alpha value is -2.92. The van der Waals surface area contributed by atoms with E-state index in [1.165, 1.54) is 17.5 Å². The number of anilines is 1. The van der Waals surface area contributed by atoms with E-state index < -0.39 is 11.7 Å². The van der Waals surface area contributed by atoms with Gasteiger partial charge in [-0.2, -0.15) is 0 Å². The molecule has 5 rings (SSSR count). The van der Waals surface area contributed by atoms with Crippen molar-refractivity contribution in [1.29, 1.82) is 0 Å². The maximum atomic E-state index is 13.3. The molecule has 148 valence electrons. The van der Waals surface area contributed by atoms with Crippen molar-refractivity contribution in [2.45, 2.75) is 38.6 Å². The van der Waals surface area contributed by atoms with Gasteiger partial charge in [0.05, 0.1) is 5.56 Å². The van der Waals surface area contributed by atoms with Crippen molar-refractivity contribution in [2.24, 2.45) is 0 Å². The van der Waals surface area contributed by atoms with Crippen LogP contribution in [0.5, 0.6) is 0 Å². The third-order valence-electron chi connectivity index (χ3n) is 6.21. The smallest absolute Gasteiger partial charge is 0.296 e. The molecule has 3 aromatic rings. The quantitative estimate of drug-likeness (QED) is 0.534. The third kappa shape index (κ3) is 3.15. The number of Topliss-reactive ketones (excluding diaryl/α,β-unsaturated/α-hetero) is 1. The summed E-state index contributed by atoms with van der Waals surface area (Å²) in [6, 6.07) is 13.9. The Labute approximate surface area is 170 Å². The van der Waals surface area contributed by atoms with Crippen LogP contribution in [0.15, 0.2) is 42.5 Å². The van der Waals surface area contributed by atoms with Gasteiger partial charge in [0.25, 0.3) is 11.7 Å². The molecule has 0 fully saturated rings. The van der Waals surface area contributed by atoms with Crippen LogP contribution in [0, 0.1) is 0 Å². The summed E-state index contributed by atoms with van der Waals surface area (Å²) in [5.74, 6) is -0.981. The van der Waals surface area contributed by atoms with Crippen LogP contribution in [0.3, 0.4) is 0 Å². The molecule has 2 heterocycles. The molecule has 1 aliphatic heterocycles. The van der Waals surface area contributed by atoms with Gasteiger partial charge in [0.2, 0.25) is 0 Å². The minimum absolute atomic E-state index is 0.440. The van der Waals surface area contributed by atoms with E-state index in [9.17, 15) is 9.59 Å². The largest absolute Gasteiger partial charge is 0.343 e. The number of carbonyl (C=O) groups excluding carboxylic acids is 2. The van der Waals surface area contributed by atoms with Crippen molar-refractivity contribution >= 4 is 28.3 Å². The molecule has 5 nitrogen and oxygen atoms in total. The van der Waals surface area contributed by atoms with E-state index in [1.54, 1.807) is 0 Å². The van der Waals surface area contributed by atoms with E-state index >= 15 is 0 Å². The van der Waals surface area contributed by atoms with Crippen LogP contribution in [-0.4, -0.2) is 29.3 Å². The summed E-state index contributed by atoms with van der Waals surface area (Å²) in [5.41, 5.74) is 5.81. The number of amides is 1. The van der Waals surface area contributed by atoms with Crippen LogP contribution in [0.2, 0.25) is 0 Å². The van der Waals surface area contributed by atoms with Gasteiger partial charge in [0, 0.05) is 48.3 Å². The van der Waals surface area contributed by atoms with E-state index in [0.717, 1.165) is 67.6 Å². The lowest BCUT2D eigenvalue weighted by Crippen LogP contribution is -2.25. The molecule has 1 aromatic heterocycles. The second kappa shape index (κ2) is 7.48. The van der Waals surface area contributed by atoms with Crippen molar-refractivity contribution in [3.63, 3.8) is 0 Å². The molecular formula is C24H25N3O2. The summed E-state index contributed by atoms with van der Waals surface area (Å²) in [5, 5.41) is 7.19. The van der Waals surface area contributed by atoms with E-state index in [0.29, 0.717) is 5.56 Å². The highest BCUT2D eigenvalue weighted by molar-refractivity contribution is 6.48. The fourth-order valence-electron chi connectivity index (χ4n) is 4.84. The topological polar surface area (TPSA) is 63.1 Å². The van der Waals surface area contributed by atoms with Gasteiger partial charge in [-0.25, -0.2) is 0 Å². The lowest BCUT2D eigenvalue weighted by atomic mass is 9.90. The number of para-hydroxylation sites is 1. The van der Waals surface area contributed by atoms with Gasteiger partial charge >= 0.3 is 0 Å². The number of rotatable bonds is 3. The second-order valence-corrected chi connectivity index (χ2v) is 7.92. The normalized spacial score (nSPS) is 16.0. The molecule has 0 spiro atoms. The molecule has 0 bridgehead atoms. The molecule has 0 saturated heterocycles. The Morgan fingerprint density at radius 3 is 2.72 bits per heavy atom. The molecule has 1 amide bonds. The van der Waals surface area contributed by atoms with Gasteiger partial charge in [-0.15, -0.1) is 0 Å². The first-order chi connectivity index (χ1) is 14.2. The zero-order chi connectivity index (χ0) is 19.8. The van der Waals surface area contributed by atoms with Gasteiger partial charge in [-0.3, -0.25) is 9.59 Å². The molecule has 1 aliphatic carbocycles. The number of aromatic nitrogens is 1. The Morgan fingerprint density at radius 2 is 1.79 bits per heavy atom. The number of aryl methyl sites for hydroxylation is 1. The van der Waals surface area contributed by atoms with Crippen LogP contribution in [0.1, 0.15) is 40.0 Å². The van der Waals surface area contributed by atoms with E-state index in [-0.39, 0.29) is 0 Å². The molecule has 2 N–H and O–H groups in total. The number of hydrogen-bond acceptors (Lipinski definition) is 3. The first kappa shape index (κ1) is 18.1. The van der Waals surface area contributed by atoms with Crippen molar-refractivity contribution in [2.75, 3.05) is 18.4 Å². The van der Waals surface area contributed by atoms with Crippen molar-refractivity contribution in [3.05, 3.63) is 64.8 Å². The minimum atomic E-state index is -0.541. The van der Waals surface area contributed by atoms with Crippen molar-refractivity contribution < 1.29 is 9.59 Å². The Kier molecular flexibility index (Phi) is 4.68. The fraction of sp³-hybridized carbons (Fsp3) is 0.333. The highest BCUT2D eigenvalue weighted by atomic mass is 16.2. The van der Waals surface area contributed by atoms with E-state index in [1.807, 2.05) is 36.4 Å². The maximum Gasteiger partial charge on any atom is 0.296 e. The molecule has 2 aliphatic rings. The van der Waals surface area contributed by atoms with Crippen LogP contribution < -0.4 is 10.6 Å². The first-order valence-electron chi connectivity index (χ1n) is 10.5. The average Bonchev–Trinajstić information content (AvgIpc) is 2.89. The molecule has 0 saturated carbocycles. The van der Waals surface area contributed by atoms with Crippen LogP contribution in [-0.2, 0) is 30.6 Å². The highest BCUT2D eigenvalue weighted by Crippen LogP contribution is 2.30. The van der Waals surface area contributed by atoms with Gasteiger partial charge in [-0.1, -0.05) is 30.3 Å². The zero-order valence-corrected chi connectivity index (χ0v) is 16.5. The SMILES string of the molecule is O=C(Nc1cccc2c1CCCC2)C(=O)c1c2n(c3ccccc13)CCNCC2. The summed E-state index contributed by atoms with van der Waals surface area (Å²) in [4.78, 5) is 26.4. The van der Waals surface area contributed by atoms with Crippen molar-refractivity contribution in [3.8, 4) is 0 Å². The number of fused-ring (bicyclic) bond motifs is 4. The van der Waals surface area contributed by atoms with Crippen LogP contribution >= 0.6 is 0 Å². The molecule has 0 atom stereocenters. The second-order valence-electron chi connectivity index (χ2n) is 7.92. The monoisotopic (exact) mass is 387 g/mol. The number of ketones is 1. The van der Waals surface area contributed by atoms with Crippen molar-refractivity contribution in [1.82, 2.24) is 9.88 Å². The number of hydrogen-bond donors (Lipinski definition) is 2. The lowest BCUT2D eigenvalue weighted by molar-refractivity contribution is -0.112. The number of benzene rings is 2. The first-order valence-corrected chi connectivity index (χ1v) is 10.5. The predicted octanol–water partition coefficient (Wildman–Crippen LogP) is 3.49. The van der Waals surface area contributed by atoms with Gasteiger partial charge in [-0.05, 0) is 48.9 Å². The highest BCUT2D eigenvalue weighted by Gasteiger charge is 2.28. The van der Waals surface area contributed by atoms with E-state index in [2.05, 4.69) is 21.3 Å². The lowest BCUT2D eigenvalue weighted by Gasteiger charge is -2.19. The summed E-state index contributed by atoms with van der Waals surface area (Å²) < 4.78 is 2.19. The van der Waals surface area contributed by atoms with Gasteiger partial charge in [0.15, 0.2) is 0 Å². The number of nitrogens with one attached hydrogen (secondary N) is 2. The molecule has 2 aromatic carbocycles. The summed E-state index contributed by atoms with van der Waals surface area (Å²) in [7, 11) is 0. The zero-order valence-electron chi connectivity index (χ0n) is 16.5. The maximum absolute atomic E-state index is 13.3. The van der Waals surface area contributed by atoms with Crippen LogP contribution in [0.25, 0.3) is 10.9 Å².